The van der Waals surface area contributed by atoms with E-state index in [1.807, 2.05) is 29.2 Å². The number of carbonyl (C=O) groups is 1. The minimum absolute atomic E-state index is 0.0410. The van der Waals surface area contributed by atoms with Gasteiger partial charge in [0, 0.05) is 19.7 Å². The Labute approximate surface area is 169 Å². The predicted octanol–water partition coefficient (Wildman–Crippen LogP) is 2.93. The van der Waals surface area contributed by atoms with Crippen LogP contribution in [0.5, 0.6) is 0 Å². The molecule has 1 unspecified atom stereocenters. The number of benzene rings is 1. The molecule has 1 aromatic carbocycles. The maximum Gasteiger partial charge on any atom is 0.262 e. The molecule has 1 aromatic heterocycles. The van der Waals surface area contributed by atoms with Crippen molar-refractivity contribution in [2.75, 3.05) is 25.4 Å². The van der Waals surface area contributed by atoms with Gasteiger partial charge in [-0.15, -0.1) is 0 Å². The normalized spacial score (nSPS) is 20.8. The number of fused-ring (bicyclic) bond motifs is 1. The molecule has 2 fully saturated rings. The zero-order chi connectivity index (χ0) is 19.5. The number of likely N-dealkylation sites (tertiary alicyclic amines) is 1. The van der Waals surface area contributed by atoms with Crippen LogP contribution in [0.1, 0.15) is 32.6 Å². The van der Waals surface area contributed by atoms with Gasteiger partial charge in [-0.25, -0.2) is 4.98 Å². The first-order chi connectivity index (χ1) is 13.6. The number of piperidine rings is 1. The Morgan fingerprint density at radius 3 is 2.79 bits per heavy atom. The lowest BCUT2D eigenvalue weighted by atomic mass is 9.99. The highest BCUT2D eigenvalue weighted by Crippen LogP contribution is 2.22. The van der Waals surface area contributed by atoms with E-state index >= 15 is 0 Å². The van der Waals surface area contributed by atoms with Crippen molar-refractivity contribution in [3.05, 3.63) is 34.6 Å². The number of amides is 1. The second-order valence-electron chi connectivity index (χ2n) is 7.81. The first kappa shape index (κ1) is 19.5. The average Bonchev–Trinajstić information content (AvgIpc) is 3.22. The molecular formula is C21H27N3O3S. The highest BCUT2D eigenvalue weighted by Gasteiger charge is 2.23. The first-order valence-electron chi connectivity index (χ1n) is 10.1. The van der Waals surface area contributed by atoms with Crippen LogP contribution >= 0.6 is 11.8 Å². The third-order valence-electron chi connectivity index (χ3n) is 5.70. The SMILES string of the molecule is CC1CCN(C(=O)CSc2nc3ccccc3c(=O)n2CC2CCCO2)CC1. The van der Waals surface area contributed by atoms with Gasteiger partial charge in [-0.1, -0.05) is 30.8 Å². The molecule has 0 N–H and O–H groups in total. The van der Waals surface area contributed by atoms with E-state index in [2.05, 4.69) is 6.92 Å². The molecule has 1 amide bonds. The maximum atomic E-state index is 13.1. The van der Waals surface area contributed by atoms with Crippen LogP contribution < -0.4 is 5.56 Å². The molecule has 2 aliphatic rings. The molecule has 2 aliphatic heterocycles. The summed E-state index contributed by atoms with van der Waals surface area (Å²) < 4.78 is 7.44. The van der Waals surface area contributed by atoms with Crippen LogP contribution in [0.2, 0.25) is 0 Å². The van der Waals surface area contributed by atoms with E-state index in [-0.39, 0.29) is 17.6 Å². The number of hydrogen-bond donors (Lipinski definition) is 0. The summed E-state index contributed by atoms with van der Waals surface area (Å²) in [6, 6.07) is 7.40. The lowest BCUT2D eigenvalue weighted by Gasteiger charge is -2.30. The minimum Gasteiger partial charge on any atom is -0.376 e. The number of rotatable bonds is 5. The number of hydrogen-bond acceptors (Lipinski definition) is 5. The molecule has 0 bridgehead atoms. The Hall–Kier alpha value is -1.86. The van der Waals surface area contributed by atoms with Crippen molar-refractivity contribution in [1.82, 2.24) is 14.5 Å². The lowest BCUT2D eigenvalue weighted by Crippen LogP contribution is -2.39. The Kier molecular flexibility index (Phi) is 6.01. The third-order valence-corrected chi connectivity index (χ3v) is 6.66. The smallest absolute Gasteiger partial charge is 0.262 e. The molecule has 1 atom stereocenters. The van der Waals surface area contributed by atoms with Gasteiger partial charge in [0.15, 0.2) is 5.16 Å². The van der Waals surface area contributed by atoms with Gasteiger partial charge in [0.05, 0.1) is 29.3 Å². The molecule has 6 nitrogen and oxygen atoms in total. The van der Waals surface area contributed by atoms with E-state index in [1.54, 1.807) is 4.57 Å². The van der Waals surface area contributed by atoms with Crippen LogP contribution in [0.3, 0.4) is 0 Å². The number of aromatic nitrogens is 2. The lowest BCUT2D eigenvalue weighted by molar-refractivity contribution is -0.129. The number of thioether (sulfide) groups is 1. The molecular weight excluding hydrogens is 374 g/mol. The van der Waals surface area contributed by atoms with Crippen LogP contribution in [-0.4, -0.2) is 51.9 Å². The Balaban J connectivity index is 1.55. The van der Waals surface area contributed by atoms with Crippen LogP contribution in [0.25, 0.3) is 10.9 Å². The van der Waals surface area contributed by atoms with Gasteiger partial charge in [0.2, 0.25) is 5.91 Å². The number of para-hydroxylation sites is 1. The molecule has 0 aliphatic carbocycles. The molecule has 4 rings (SSSR count). The van der Waals surface area contributed by atoms with Crippen LogP contribution in [-0.2, 0) is 16.1 Å². The van der Waals surface area contributed by atoms with E-state index < -0.39 is 0 Å². The summed E-state index contributed by atoms with van der Waals surface area (Å²) in [5.74, 6) is 1.13. The fraction of sp³-hybridized carbons (Fsp3) is 0.571. The largest absolute Gasteiger partial charge is 0.376 e. The number of carbonyl (C=O) groups excluding carboxylic acids is 1. The van der Waals surface area contributed by atoms with Gasteiger partial charge < -0.3 is 9.64 Å². The van der Waals surface area contributed by atoms with Gasteiger partial charge in [-0.2, -0.15) is 0 Å². The molecule has 28 heavy (non-hydrogen) atoms. The van der Waals surface area contributed by atoms with Gasteiger partial charge in [-0.05, 0) is 43.7 Å². The fourth-order valence-electron chi connectivity index (χ4n) is 3.89. The van der Waals surface area contributed by atoms with E-state index in [1.165, 1.54) is 11.8 Å². The summed E-state index contributed by atoms with van der Waals surface area (Å²) in [6.07, 6.45) is 4.14. The second kappa shape index (κ2) is 8.66. The predicted molar refractivity (Wildman–Crippen MR) is 111 cm³/mol. The maximum absolute atomic E-state index is 13.1. The summed E-state index contributed by atoms with van der Waals surface area (Å²) in [4.78, 5) is 32.4. The molecule has 0 spiro atoms. The van der Waals surface area contributed by atoms with E-state index in [9.17, 15) is 9.59 Å². The molecule has 2 aromatic rings. The number of nitrogens with zero attached hydrogens (tertiary/aromatic N) is 3. The van der Waals surface area contributed by atoms with Crippen molar-refractivity contribution in [1.29, 1.82) is 0 Å². The van der Waals surface area contributed by atoms with Crippen LogP contribution in [0.15, 0.2) is 34.2 Å². The van der Waals surface area contributed by atoms with Crippen LogP contribution in [0, 0.1) is 5.92 Å². The third kappa shape index (κ3) is 4.25. The van der Waals surface area contributed by atoms with Gasteiger partial charge >= 0.3 is 0 Å². The van der Waals surface area contributed by atoms with Gasteiger partial charge in [0.25, 0.3) is 5.56 Å². The highest BCUT2D eigenvalue weighted by molar-refractivity contribution is 7.99. The topological polar surface area (TPSA) is 64.4 Å². The zero-order valence-electron chi connectivity index (χ0n) is 16.3. The summed E-state index contributed by atoms with van der Waals surface area (Å²) in [5.41, 5.74) is 0.626. The zero-order valence-corrected chi connectivity index (χ0v) is 17.1. The Morgan fingerprint density at radius 1 is 1.25 bits per heavy atom. The van der Waals surface area contributed by atoms with Crippen molar-refractivity contribution < 1.29 is 9.53 Å². The van der Waals surface area contributed by atoms with E-state index in [0.29, 0.717) is 34.3 Å². The van der Waals surface area contributed by atoms with Crippen LogP contribution in [0.4, 0.5) is 0 Å². The molecule has 0 radical (unpaired) electrons. The van der Waals surface area contributed by atoms with Gasteiger partial charge in [-0.3, -0.25) is 14.2 Å². The van der Waals surface area contributed by atoms with Crippen molar-refractivity contribution in [2.45, 2.75) is 50.4 Å². The highest BCUT2D eigenvalue weighted by atomic mass is 32.2. The summed E-state index contributed by atoms with van der Waals surface area (Å²) >= 11 is 1.37. The van der Waals surface area contributed by atoms with Crippen molar-refractivity contribution in [3.63, 3.8) is 0 Å². The fourth-order valence-corrected chi connectivity index (χ4v) is 4.80. The average molecular weight is 402 g/mol. The molecule has 2 saturated heterocycles. The molecule has 150 valence electrons. The second-order valence-corrected chi connectivity index (χ2v) is 8.76. The Bertz CT molecular complexity index is 899. The molecule has 3 heterocycles. The van der Waals surface area contributed by atoms with Gasteiger partial charge in [0.1, 0.15) is 0 Å². The Morgan fingerprint density at radius 2 is 2.04 bits per heavy atom. The standard InChI is InChI=1S/C21H27N3O3S/c1-15-8-10-23(11-9-15)19(25)14-28-21-22-18-7-3-2-6-17(18)20(26)24(21)13-16-5-4-12-27-16/h2-3,6-7,15-16H,4-5,8-14H2,1H3. The van der Waals surface area contributed by atoms with E-state index in [4.69, 9.17) is 9.72 Å². The molecule has 7 heteroatoms. The molecule has 0 saturated carbocycles. The monoisotopic (exact) mass is 401 g/mol. The minimum atomic E-state index is -0.0529. The van der Waals surface area contributed by atoms with Crippen molar-refractivity contribution in [3.8, 4) is 0 Å². The number of ether oxygens (including phenoxy) is 1. The van der Waals surface area contributed by atoms with Crippen molar-refractivity contribution >= 4 is 28.6 Å². The summed E-state index contributed by atoms with van der Waals surface area (Å²) in [5, 5.41) is 1.22. The summed E-state index contributed by atoms with van der Waals surface area (Å²) in [6.45, 7) is 5.13. The van der Waals surface area contributed by atoms with E-state index in [0.717, 1.165) is 45.4 Å². The first-order valence-corrected chi connectivity index (χ1v) is 11.1. The van der Waals surface area contributed by atoms with Crippen molar-refractivity contribution in [2.24, 2.45) is 5.92 Å². The summed E-state index contributed by atoms with van der Waals surface area (Å²) in [7, 11) is 0. The quantitative estimate of drug-likeness (QED) is 0.569.